The highest BCUT2D eigenvalue weighted by molar-refractivity contribution is 7.10. The highest BCUT2D eigenvalue weighted by Gasteiger charge is 2.29. The third-order valence-electron chi connectivity index (χ3n) is 6.39. The number of nitrogens with zero attached hydrogens (tertiary/aromatic N) is 2. The Morgan fingerprint density at radius 3 is 2.70 bits per heavy atom. The normalized spacial score (nSPS) is 20.1. The summed E-state index contributed by atoms with van der Waals surface area (Å²) in [6, 6.07) is 6.97. The second-order valence-electron chi connectivity index (χ2n) is 9.72. The number of piperidine rings is 1. The number of thiazole rings is 1. The number of benzene rings is 1. The van der Waals surface area contributed by atoms with Crippen LogP contribution in [0.25, 0.3) is 11.3 Å². The van der Waals surface area contributed by atoms with Crippen molar-refractivity contribution in [1.82, 2.24) is 9.88 Å². The van der Waals surface area contributed by atoms with Crippen molar-refractivity contribution in [2.24, 2.45) is 0 Å². The van der Waals surface area contributed by atoms with Gasteiger partial charge in [0.2, 0.25) is 0 Å². The number of ether oxygens (including phenoxy) is 1. The fourth-order valence-electron chi connectivity index (χ4n) is 4.72. The second-order valence-corrected chi connectivity index (χ2v) is 10.6. The Kier molecular flexibility index (Phi) is 6.19. The molecule has 1 aromatic heterocycles. The van der Waals surface area contributed by atoms with Crippen LogP contribution in [0.15, 0.2) is 23.6 Å². The van der Waals surface area contributed by atoms with Gasteiger partial charge in [-0.15, -0.1) is 11.3 Å². The van der Waals surface area contributed by atoms with E-state index in [-0.39, 0.29) is 6.09 Å². The fraction of sp³-hybridized carbons (Fsp3) is 0.600. The molecule has 2 heterocycles. The molecule has 1 aliphatic heterocycles. The Bertz CT molecular complexity index is 891. The second kappa shape index (κ2) is 8.70. The maximum absolute atomic E-state index is 12.3. The first kappa shape index (κ1) is 21.4. The molecule has 0 saturated carbocycles. The number of carbonyl (C=O) groups is 1. The van der Waals surface area contributed by atoms with Gasteiger partial charge in [-0.25, -0.2) is 9.78 Å². The molecular weight excluding hydrogens is 392 g/mol. The smallest absolute Gasteiger partial charge is 0.410 e. The number of fused-ring (bicyclic) bond motifs is 1. The van der Waals surface area contributed by atoms with Crippen LogP contribution in [0.3, 0.4) is 0 Å². The number of likely N-dealkylation sites (tertiary alicyclic amines) is 1. The number of amides is 1. The lowest BCUT2D eigenvalue weighted by Crippen LogP contribution is -2.41. The quantitative estimate of drug-likeness (QED) is 0.545. The van der Waals surface area contributed by atoms with E-state index in [1.165, 1.54) is 41.8 Å². The van der Waals surface area contributed by atoms with Gasteiger partial charge >= 0.3 is 6.09 Å². The maximum atomic E-state index is 12.3. The van der Waals surface area contributed by atoms with Gasteiger partial charge in [-0.2, -0.15) is 0 Å². The monoisotopic (exact) mass is 426 g/mol. The minimum atomic E-state index is -0.441. The number of aryl methyl sites for hydroxylation is 1. The Labute approximate surface area is 184 Å². The van der Waals surface area contributed by atoms with Crippen LogP contribution in [0.1, 0.15) is 87.8 Å². The topological polar surface area (TPSA) is 42.4 Å². The Hall–Kier alpha value is -1.88. The lowest BCUT2D eigenvalue weighted by atomic mass is 9.80. The third-order valence-corrected chi connectivity index (χ3v) is 7.40. The summed E-state index contributed by atoms with van der Waals surface area (Å²) in [5, 5.41) is 3.42. The lowest BCUT2D eigenvalue weighted by Gasteiger charge is -2.32. The Morgan fingerprint density at radius 2 is 2.00 bits per heavy atom. The van der Waals surface area contributed by atoms with Gasteiger partial charge in [0.05, 0.1) is 10.7 Å². The van der Waals surface area contributed by atoms with E-state index in [0.29, 0.717) is 11.8 Å². The fourth-order valence-corrected chi connectivity index (χ4v) is 5.72. The molecule has 1 amide bonds. The highest BCUT2D eigenvalue weighted by atomic mass is 32.1. The molecule has 1 aromatic carbocycles. The zero-order valence-corrected chi connectivity index (χ0v) is 19.6. The van der Waals surface area contributed by atoms with Gasteiger partial charge in [0.15, 0.2) is 0 Å². The standard InChI is InChI=1S/C25H34N2O2S/c1-5-17-7-6-8-18-9-10-20(15-21(17)18)22-16-30-23(26-22)19-11-13-27(14-12-19)24(28)29-25(2,3)4/h9-10,15-17,19H,5-8,11-14H2,1-4H3. The van der Waals surface area contributed by atoms with E-state index >= 15 is 0 Å². The summed E-state index contributed by atoms with van der Waals surface area (Å²) >= 11 is 1.77. The van der Waals surface area contributed by atoms with Crippen molar-refractivity contribution >= 4 is 17.4 Å². The van der Waals surface area contributed by atoms with Crippen LogP contribution >= 0.6 is 11.3 Å². The molecular formula is C25H34N2O2S. The molecule has 30 heavy (non-hydrogen) atoms. The first-order chi connectivity index (χ1) is 14.3. The molecule has 1 fully saturated rings. The highest BCUT2D eigenvalue weighted by Crippen LogP contribution is 2.38. The largest absolute Gasteiger partial charge is 0.444 e. The molecule has 1 unspecified atom stereocenters. The van der Waals surface area contributed by atoms with E-state index in [4.69, 9.17) is 9.72 Å². The molecule has 0 spiro atoms. The summed E-state index contributed by atoms with van der Waals surface area (Å²) in [7, 11) is 0. The number of hydrogen-bond acceptors (Lipinski definition) is 4. The van der Waals surface area contributed by atoms with E-state index in [1.54, 1.807) is 16.9 Å². The number of rotatable bonds is 3. The summed E-state index contributed by atoms with van der Waals surface area (Å²) in [6.45, 7) is 9.53. The van der Waals surface area contributed by atoms with Gasteiger partial charge in [-0.3, -0.25) is 0 Å². The predicted octanol–water partition coefficient (Wildman–Crippen LogP) is 6.75. The molecule has 1 atom stereocenters. The molecule has 5 heteroatoms. The van der Waals surface area contributed by atoms with Crippen LogP contribution in [0, 0.1) is 0 Å². The van der Waals surface area contributed by atoms with Gasteiger partial charge in [0.25, 0.3) is 0 Å². The Balaban J connectivity index is 1.43. The van der Waals surface area contributed by atoms with E-state index < -0.39 is 5.60 Å². The van der Waals surface area contributed by atoms with Crippen molar-refractivity contribution in [3.63, 3.8) is 0 Å². The molecule has 2 aromatic rings. The van der Waals surface area contributed by atoms with Gasteiger partial charge < -0.3 is 9.64 Å². The summed E-state index contributed by atoms with van der Waals surface area (Å²) in [5.41, 5.74) is 4.99. The maximum Gasteiger partial charge on any atom is 0.410 e. The Morgan fingerprint density at radius 1 is 1.23 bits per heavy atom. The molecule has 2 aliphatic rings. The van der Waals surface area contributed by atoms with E-state index in [0.717, 1.165) is 31.6 Å². The van der Waals surface area contributed by atoms with Crippen LogP contribution in [0.5, 0.6) is 0 Å². The van der Waals surface area contributed by atoms with Crippen LogP contribution < -0.4 is 0 Å². The van der Waals surface area contributed by atoms with Gasteiger partial charge in [-0.1, -0.05) is 19.1 Å². The first-order valence-corrected chi connectivity index (χ1v) is 12.3. The van der Waals surface area contributed by atoms with E-state index in [9.17, 15) is 4.79 Å². The van der Waals surface area contributed by atoms with Crippen molar-refractivity contribution in [3.05, 3.63) is 39.7 Å². The summed E-state index contributed by atoms with van der Waals surface area (Å²) in [6.07, 6.45) is 6.77. The molecule has 1 aliphatic carbocycles. The molecule has 162 valence electrons. The van der Waals surface area contributed by atoms with Gasteiger partial charge in [-0.05, 0) is 82.4 Å². The molecule has 0 N–H and O–H groups in total. The zero-order valence-electron chi connectivity index (χ0n) is 18.7. The average molecular weight is 427 g/mol. The zero-order chi connectivity index (χ0) is 21.3. The van der Waals surface area contributed by atoms with Crippen LogP contribution in [0.4, 0.5) is 4.79 Å². The van der Waals surface area contributed by atoms with Gasteiger partial charge in [0, 0.05) is 30.0 Å². The van der Waals surface area contributed by atoms with E-state index in [2.05, 4.69) is 30.5 Å². The van der Waals surface area contributed by atoms with Crippen molar-refractivity contribution in [2.75, 3.05) is 13.1 Å². The molecule has 0 radical (unpaired) electrons. The van der Waals surface area contributed by atoms with Crippen molar-refractivity contribution in [2.45, 2.75) is 83.7 Å². The van der Waals surface area contributed by atoms with Crippen molar-refractivity contribution < 1.29 is 9.53 Å². The average Bonchev–Trinajstić information content (AvgIpc) is 3.22. The number of hydrogen-bond donors (Lipinski definition) is 0. The SMILES string of the molecule is CCC1CCCc2ccc(-c3csc(C4CCN(C(=O)OC(C)(C)C)CC4)n3)cc21. The lowest BCUT2D eigenvalue weighted by molar-refractivity contribution is 0.0205. The minimum absolute atomic E-state index is 0.194. The van der Waals surface area contributed by atoms with Crippen LogP contribution in [-0.2, 0) is 11.2 Å². The number of carbonyl (C=O) groups excluding carboxylic acids is 1. The van der Waals surface area contributed by atoms with Crippen molar-refractivity contribution in [3.8, 4) is 11.3 Å². The summed E-state index contributed by atoms with van der Waals surface area (Å²) < 4.78 is 5.52. The molecule has 1 saturated heterocycles. The summed E-state index contributed by atoms with van der Waals surface area (Å²) in [5.74, 6) is 1.13. The van der Waals surface area contributed by atoms with Crippen molar-refractivity contribution in [1.29, 1.82) is 0 Å². The molecule has 4 rings (SSSR count). The molecule has 0 bridgehead atoms. The van der Waals surface area contributed by atoms with Gasteiger partial charge in [0.1, 0.15) is 5.60 Å². The van der Waals surface area contributed by atoms with E-state index in [1.807, 2.05) is 25.7 Å². The molecule has 4 nitrogen and oxygen atoms in total. The van der Waals surface area contributed by atoms with Crippen LogP contribution in [-0.4, -0.2) is 34.7 Å². The minimum Gasteiger partial charge on any atom is -0.444 e. The van der Waals surface area contributed by atoms with Crippen LogP contribution in [0.2, 0.25) is 0 Å². The first-order valence-electron chi connectivity index (χ1n) is 11.4. The predicted molar refractivity (Wildman–Crippen MR) is 123 cm³/mol. The third kappa shape index (κ3) is 4.72. The summed E-state index contributed by atoms with van der Waals surface area (Å²) in [4.78, 5) is 19.2. The number of aromatic nitrogens is 1.